The third-order valence-electron chi connectivity index (χ3n) is 2.60. The predicted molar refractivity (Wildman–Crippen MR) is 79.2 cm³/mol. The molecule has 0 fully saturated rings. The van der Waals surface area contributed by atoms with Gasteiger partial charge in [0.1, 0.15) is 17.3 Å². The Bertz CT molecular complexity index is 652. The monoisotopic (exact) mass is 364 g/mol. The fourth-order valence-corrected chi connectivity index (χ4v) is 1.70. The Labute approximate surface area is 141 Å². The van der Waals surface area contributed by atoms with Crippen LogP contribution in [0.15, 0.2) is 24.3 Å². The van der Waals surface area contributed by atoms with E-state index >= 15 is 0 Å². The Kier molecular flexibility index (Phi) is 7.41. The van der Waals surface area contributed by atoms with Gasteiger partial charge < -0.3 is 14.2 Å². The summed E-state index contributed by atoms with van der Waals surface area (Å²) in [6, 6.07) is 2.75. The third-order valence-corrected chi connectivity index (χ3v) is 2.60. The van der Waals surface area contributed by atoms with E-state index in [1.807, 2.05) is 0 Å². The fourth-order valence-electron chi connectivity index (χ4n) is 1.70. The molecule has 5 nitrogen and oxygen atoms in total. The van der Waals surface area contributed by atoms with Gasteiger partial charge in [0.2, 0.25) is 0 Å². The van der Waals surface area contributed by atoms with Crippen molar-refractivity contribution < 1.29 is 41.4 Å². The molecule has 0 amide bonds. The second kappa shape index (κ2) is 9.05. The smallest absolute Gasteiger partial charge is 0.422 e. The van der Waals surface area contributed by atoms with Gasteiger partial charge in [0, 0.05) is 17.7 Å². The lowest BCUT2D eigenvalue weighted by Gasteiger charge is -2.13. The number of ether oxygens (including phenoxy) is 3. The van der Waals surface area contributed by atoms with Crippen LogP contribution in [-0.4, -0.2) is 37.7 Å². The van der Waals surface area contributed by atoms with Gasteiger partial charge in [-0.25, -0.2) is 9.18 Å². The van der Waals surface area contributed by atoms with Gasteiger partial charge in [0.05, 0.1) is 13.2 Å². The minimum absolute atomic E-state index is 0.0161. The Morgan fingerprint density at radius 2 is 1.72 bits per heavy atom. The van der Waals surface area contributed by atoms with Crippen molar-refractivity contribution in [3.63, 3.8) is 0 Å². The first kappa shape index (κ1) is 20.5. The van der Waals surface area contributed by atoms with Crippen LogP contribution < -0.4 is 4.74 Å². The maximum atomic E-state index is 13.6. The predicted octanol–water partition coefficient (Wildman–Crippen LogP) is 3.28. The molecule has 0 saturated carbocycles. The first-order chi connectivity index (χ1) is 11.7. The standard InChI is InChI=1S/C16H16F4O5/c1-3-23-14(8-13(21)15(22)24-4-2)10-5-11(17)7-12(6-10)25-9-16(18,19)20/h5-8H,3-4,9H2,1-2H3/b14-8-. The maximum Gasteiger partial charge on any atom is 0.422 e. The topological polar surface area (TPSA) is 61.8 Å². The number of alkyl halides is 3. The maximum absolute atomic E-state index is 13.6. The van der Waals surface area contributed by atoms with E-state index in [2.05, 4.69) is 9.47 Å². The van der Waals surface area contributed by atoms with Gasteiger partial charge in [0.25, 0.3) is 5.78 Å². The average Bonchev–Trinajstić information content (AvgIpc) is 2.51. The number of esters is 1. The molecule has 1 rings (SSSR count). The van der Waals surface area contributed by atoms with Gasteiger partial charge in [-0.15, -0.1) is 0 Å². The lowest BCUT2D eigenvalue weighted by atomic mass is 10.1. The quantitative estimate of drug-likeness (QED) is 0.233. The summed E-state index contributed by atoms with van der Waals surface area (Å²) in [6.07, 6.45) is -3.81. The molecule has 0 radical (unpaired) electrons. The number of rotatable bonds is 8. The van der Waals surface area contributed by atoms with Gasteiger partial charge in [0.15, 0.2) is 6.61 Å². The summed E-state index contributed by atoms with van der Waals surface area (Å²) in [6.45, 7) is 1.53. The van der Waals surface area contributed by atoms with E-state index in [0.29, 0.717) is 0 Å². The van der Waals surface area contributed by atoms with Crippen molar-refractivity contribution in [1.29, 1.82) is 0 Å². The van der Waals surface area contributed by atoms with Crippen LogP contribution in [0.2, 0.25) is 0 Å². The highest BCUT2D eigenvalue weighted by atomic mass is 19.4. The Morgan fingerprint density at radius 1 is 1.08 bits per heavy atom. The number of ketones is 1. The van der Waals surface area contributed by atoms with Gasteiger partial charge in [-0.3, -0.25) is 4.79 Å². The van der Waals surface area contributed by atoms with Crippen LogP contribution in [0.25, 0.3) is 5.76 Å². The molecule has 0 aliphatic carbocycles. The van der Waals surface area contributed by atoms with E-state index in [1.54, 1.807) is 6.92 Å². The largest absolute Gasteiger partial charge is 0.493 e. The number of hydrogen-bond donors (Lipinski definition) is 0. The molecule has 0 atom stereocenters. The van der Waals surface area contributed by atoms with Crippen molar-refractivity contribution in [3.05, 3.63) is 35.7 Å². The summed E-state index contributed by atoms with van der Waals surface area (Å²) in [7, 11) is 0. The summed E-state index contributed by atoms with van der Waals surface area (Å²) >= 11 is 0. The van der Waals surface area contributed by atoms with Crippen molar-refractivity contribution in [1.82, 2.24) is 0 Å². The van der Waals surface area contributed by atoms with Crippen molar-refractivity contribution in [2.45, 2.75) is 20.0 Å². The molecule has 0 aromatic heterocycles. The van der Waals surface area contributed by atoms with Crippen LogP contribution in [0.3, 0.4) is 0 Å². The molecule has 0 saturated heterocycles. The minimum Gasteiger partial charge on any atom is -0.493 e. The second-order valence-electron chi connectivity index (χ2n) is 4.61. The van der Waals surface area contributed by atoms with Crippen LogP contribution in [0, 0.1) is 5.82 Å². The van der Waals surface area contributed by atoms with Crippen LogP contribution >= 0.6 is 0 Å². The van der Waals surface area contributed by atoms with Crippen molar-refractivity contribution in [3.8, 4) is 5.75 Å². The summed E-state index contributed by atoms with van der Waals surface area (Å²) in [4.78, 5) is 23.1. The molecule has 0 spiro atoms. The molecule has 0 unspecified atom stereocenters. The van der Waals surface area contributed by atoms with Crippen LogP contribution in [0.1, 0.15) is 19.4 Å². The lowest BCUT2D eigenvalue weighted by molar-refractivity contribution is -0.153. The molecule has 9 heteroatoms. The van der Waals surface area contributed by atoms with Gasteiger partial charge >= 0.3 is 12.1 Å². The van der Waals surface area contributed by atoms with Crippen molar-refractivity contribution in [2.75, 3.05) is 19.8 Å². The second-order valence-corrected chi connectivity index (χ2v) is 4.61. The average molecular weight is 364 g/mol. The highest BCUT2D eigenvalue weighted by molar-refractivity contribution is 6.39. The summed E-state index contributed by atoms with van der Waals surface area (Å²) in [5.41, 5.74) is -0.0586. The normalized spacial score (nSPS) is 11.8. The number of carbonyl (C=O) groups excluding carboxylic acids is 2. The molecule has 138 valence electrons. The Hall–Kier alpha value is -2.58. The zero-order valence-electron chi connectivity index (χ0n) is 13.5. The van der Waals surface area contributed by atoms with Gasteiger partial charge in [-0.2, -0.15) is 13.2 Å². The zero-order chi connectivity index (χ0) is 19.0. The summed E-state index contributed by atoms with van der Waals surface area (Å²) in [5.74, 6) is -3.68. The Morgan fingerprint density at radius 3 is 2.28 bits per heavy atom. The lowest BCUT2D eigenvalue weighted by Crippen LogP contribution is -2.19. The molecular weight excluding hydrogens is 348 g/mol. The van der Waals surface area contributed by atoms with E-state index < -0.39 is 36.1 Å². The number of hydrogen-bond acceptors (Lipinski definition) is 5. The van der Waals surface area contributed by atoms with E-state index in [-0.39, 0.29) is 24.5 Å². The van der Waals surface area contributed by atoms with Crippen LogP contribution in [0.5, 0.6) is 5.75 Å². The molecule has 1 aromatic carbocycles. The molecule has 0 heterocycles. The van der Waals surface area contributed by atoms with Gasteiger partial charge in [-0.1, -0.05) is 0 Å². The Balaban J connectivity index is 3.12. The van der Waals surface area contributed by atoms with Crippen molar-refractivity contribution >= 4 is 17.5 Å². The molecular formula is C16H16F4O5. The summed E-state index contributed by atoms with van der Waals surface area (Å²) < 4.78 is 64.4. The molecule has 1 aromatic rings. The fraction of sp³-hybridized carbons (Fsp3) is 0.375. The van der Waals surface area contributed by atoms with E-state index in [9.17, 15) is 27.2 Å². The molecule has 0 bridgehead atoms. The first-order valence-corrected chi connectivity index (χ1v) is 7.22. The molecule has 0 aliphatic heterocycles. The first-order valence-electron chi connectivity index (χ1n) is 7.22. The van der Waals surface area contributed by atoms with E-state index in [4.69, 9.17) is 4.74 Å². The number of benzene rings is 1. The van der Waals surface area contributed by atoms with Crippen LogP contribution in [-0.2, 0) is 19.1 Å². The number of halogens is 4. The highest BCUT2D eigenvalue weighted by Gasteiger charge is 2.28. The molecule has 0 N–H and O–H groups in total. The van der Waals surface area contributed by atoms with E-state index in [1.165, 1.54) is 6.92 Å². The minimum atomic E-state index is -4.59. The summed E-state index contributed by atoms with van der Waals surface area (Å²) in [5, 5.41) is 0. The van der Waals surface area contributed by atoms with Gasteiger partial charge in [-0.05, 0) is 26.0 Å². The molecule has 25 heavy (non-hydrogen) atoms. The molecule has 0 aliphatic rings. The van der Waals surface area contributed by atoms with E-state index in [0.717, 1.165) is 24.3 Å². The van der Waals surface area contributed by atoms with Crippen LogP contribution in [0.4, 0.5) is 17.6 Å². The van der Waals surface area contributed by atoms with Crippen molar-refractivity contribution in [2.24, 2.45) is 0 Å². The highest BCUT2D eigenvalue weighted by Crippen LogP contribution is 2.25. The third kappa shape index (κ3) is 7.23. The zero-order valence-corrected chi connectivity index (χ0v) is 13.5. The number of carbonyl (C=O) groups is 2. The SMILES string of the molecule is CCOC(=O)C(=O)/C=C(\OCC)c1cc(F)cc(OCC(F)(F)F)c1.